The zero-order valence-corrected chi connectivity index (χ0v) is 15.3. The first-order valence-electron chi connectivity index (χ1n) is 8.20. The van der Waals surface area contributed by atoms with Crippen molar-refractivity contribution in [2.24, 2.45) is 7.05 Å². The standard InChI is InChI=1S/C17H23ClN4O2/c1-17(2,3)24-16(23)22-7-5-11(6-8-22)13-9-12-15(21(13)4)19-10-14(18)20-12/h9-11H,5-8H2,1-4H3. The molecule has 1 amide bonds. The Hall–Kier alpha value is -1.82. The number of hydrogen-bond acceptors (Lipinski definition) is 4. The van der Waals surface area contributed by atoms with Crippen molar-refractivity contribution in [2.75, 3.05) is 13.1 Å². The molecule has 6 nitrogen and oxygen atoms in total. The van der Waals surface area contributed by atoms with E-state index in [1.165, 1.54) is 5.69 Å². The molecule has 1 aliphatic rings. The van der Waals surface area contributed by atoms with E-state index in [9.17, 15) is 4.79 Å². The summed E-state index contributed by atoms with van der Waals surface area (Å²) in [5, 5.41) is 0.402. The van der Waals surface area contributed by atoms with E-state index >= 15 is 0 Å². The van der Waals surface area contributed by atoms with Crippen molar-refractivity contribution in [2.45, 2.75) is 45.1 Å². The molecule has 0 aliphatic carbocycles. The summed E-state index contributed by atoms with van der Waals surface area (Å²) < 4.78 is 7.53. The SMILES string of the molecule is Cn1c(C2CCN(C(=O)OC(C)(C)C)CC2)cc2nc(Cl)cnc21. The lowest BCUT2D eigenvalue weighted by atomic mass is 9.93. The van der Waals surface area contributed by atoms with E-state index in [2.05, 4.69) is 20.6 Å². The lowest BCUT2D eigenvalue weighted by Crippen LogP contribution is -2.41. The average Bonchev–Trinajstić information content (AvgIpc) is 2.82. The van der Waals surface area contributed by atoms with Crippen molar-refractivity contribution in [3.63, 3.8) is 0 Å². The van der Waals surface area contributed by atoms with Crippen LogP contribution < -0.4 is 0 Å². The molecule has 0 aromatic carbocycles. The second-order valence-corrected chi connectivity index (χ2v) is 7.66. The molecule has 0 atom stereocenters. The Balaban J connectivity index is 1.71. The smallest absolute Gasteiger partial charge is 0.410 e. The molecule has 2 aromatic rings. The molecule has 0 unspecified atom stereocenters. The molecule has 0 radical (unpaired) electrons. The van der Waals surface area contributed by atoms with Crippen LogP contribution in [0.1, 0.15) is 45.2 Å². The topological polar surface area (TPSA) is 60.2 Å². The van der Waals surface area contributed by atoms with E-state index in [0.29, 0.717) is 24.2 Å². The summed E-state index contributed by atoms with van der Waals surface area (Å²) in [4.78, 5) is 22.7. The molecule has 0 bridgehead atoms. The number of piperidine rings is 1. The normalized spacial score (nSPS) is 16.6. The first-order valence-corrected chi connectivity index (χ1v) is 8.58. The number of aromatic nitrogens is 3. The van der Waals surface area contributed by atoms with Crippen molar-refractivity contribution >= 4 is 28.9 Å². The minimum absolute atomic E-state index is 0.229. The quantitative estimate of drug-likeness (QED) is 0.786. The number of likely N-dealkylation sites (tertiary alicyclic amines) is 1. The highest BCUT2D eigenvalue weighted by molar-refractivity contribution is 6.29. The second-order valence-electron chi connectivity index (χ2n) is 7.27. The number of nitrogens with zero attached hydrogens (tertiary/aromatic N) is 4. The minimum Gasteiger partial charge on any atom is -0.444 e. The van der Waals surface area contributed by atoms with Crippen LogP contribution in [0.25, 0.3) is 11.2 Å². The fourth-order valence-corrected chi connectivity index (χ4v) is 3.30. The Morgan fingerprint density at radius 2 is 2.00 bits per heavy atom. The third-order valence-corrected chi connectivity index (χ3v) is 4.49. The van der Waals surface area contributed by atoms with Gasteiger partial charge in [-0.3, -0.25) is 0 Å². The molecular formula is C17H23ClN4O2. The van der Waals surface area contributed by atoms with Crippen LogP contribution in [-0.4, -0.2) is 44.2 Å². The molecule has 1 saturated heterocycles. The Morgan fingerprint density at radius 1 is 1.33 bits per heavy atom. The van der Waals surface area contributed by atoms with Crippen LogP contribution in [0.2, 0.25) is 5.15 Å². The third-order valence-electron chi connectivity index (χ3n) is 4.30. The molecule has 0 N–H and O–H groups in total. The van der Waals surface area contributed by atoms with Gasteiger partial charge in [-0.1, -0.05) is 11.6 Å². The highest BCUT2D eigenvalue weighted by Crippen LogP contribution is 2.31. The maximum Gasteiger partial charge on any atom is 0.410 e. The van der Waals surface area contributed by atoms with Crippen LogP contribution in [-0.2, 0) is 11.8 Å². The van der Waals surface area contributed by atoms with Crippen molar-refractivity contribution < 1.29 is 9.53 Å². The number of aryl methyl sites for hydroxylation is 1. The van der Waals surface area contributed by atoms with Gasteiger partial charge in [0, 0.05) is 31.7 Å². The van der Waals surface area contributed by atoms with Gasteiger partial charge in [0.25, 0.3) is 0 Å². The molecule has 0 spiro atoms. The molecule has 1 aliphatic heterocycles. The van der Waals surface area contributed by atoms with E-state index in [0.717, 1.165) is 24.0 Å². The Kier molecular flexibility index (Phi) is 4.42. The number of carbonyl (C=O) groups is 1. The zero-order chi connectivity index (χ0) is 17.5. The lowest BCUT2D eigenvalue weighted by Gasteiger charge is -2.33. The summed E-state index contributed by atoms with van der Waals surface area (Å²) in [7, 11) is 2.00. The summed E-state index contributed by atoms with van der Waals surface area (Å²) in [5.41, 5.74) is 2.38. The van der Waals surface area contributed by atoms with Gasteiger partial charge in [0.15, 0.2) is 5.65 Å². The van der Waals surface area contributed by atoms with Gasteiger partial charge < -0.3 is 14.2 Å². The van der Waals surface area contributed by atoms with Gasteiger partial charge in [-0.05, 0) is 39.7 Å². The van der Waals surface area contributed by atoms with Crippen LogP contribution in [0.15, 0.2) is 12.3 Å². The Labute approximate surface area is 146 Å². The fraction of sp³-hybridized carbons (Fsp3) is 0.588. The second kappa shape index (κ2) is 6.24. The van der Waals surface area contributed by atoms with Crippen LogP contribution >= 0.6 is 11.6 Å². The fourth-order valence-electron chi connectivity index (χ4n) is 3.16. The Bertz CT molecular complexity index is 758. The number of fused-ring (bicyclic) bond motifs is 1. The number of carbonyl (C=O) groups excluding carboxylic acids is 1. The zero-order valence-electron chi connectivity index (χ0n) is 14.5. The minimum atomic E-state index is -0.458. The van der Waals surface area contributed by atoms with Crippen molar-refractivity contribution in [3.05, 3.63) is 23.1 Å². The first kappa shape index (κ1) is 17.0. The molecule has 7 heteroatoms. The molecule has 130 valence electrons. The maximum atomic E-state index is 12.2. The third kappa shape index (κ3) is 3.48. The monoisotopic (exact) mass is 350 g/mol. The number of halogens is 1. The van der Waals surface area contributed by atoms with Crippen molar-refractivity contribution in [3.8, 4) is 0 Å². The van der Waals surface area contributed by atoms with Crippen LogP contribution in [0, 0.1) is 0 Å². The summed E-state index contributed by atoms with van der Waals surface area (Å²) in [6.45, 7) is 7.06. The first-order chi connectivity index (χ1) is 11.2. The van der Waals surface area contributed by atoms with Gasteiger partial charge in [-0.15, -0.1) is 0 Å². The molecule has 0 saturated carbocycles. The summed E-state index contributed by atoms with van der Waals surface area (Å²) >= 11 is 5.93. The highest BCUT2D eigenvalue weighted by atomic mass is 35.5. The molecule has 3 rings (SSSR count). The van der Waals surface area contributed by atoms with Crippen LogP contribution in [0.5, 0.6) is 0 Å². The summed E-state index contributed by atoms with van der Waals surface area (Å²) in [5.74, 6) is 0.378. The van der Waals surface area contributed by atoms with E-state index in [1.807, 2.05) is 27.8 Å². The van der Waals surface area contributed by atoms with Gasteiger partial charge >= 0.3 is 6.09 Å². The number of amides is 1. The predicted molar refractivity (Wildman–Crippen MR) is 93.3 cm³/mol. The largest absolute Gasteiger partial charge is 0.444 e. The van der Waals surface area contributed by atoms with Crippen molar-refractivity contribution in [1.82, 2.24) is 19.4 Å². The van der Waals surface area contributed by atoms with E-state index in [4.69, 9.17) is 16.3 Å². The highest BCUT2D eigenvalue weighted by Gasteiger charge is 2.29. The van der Waals surface area contributed by atoms with Crippen LogP contribution in [0.3, 0.4) is 0 Å². The summed E-state index contributed by atoms with van der Waals surface area (Å²) in [6, 6.07) is 2.06. The molecule has 3 heterocycles. The molecule has 24 heavy (non-hydrogen) atoms. The predicted octanol–water partition coefficient (Wildman–Crippen LogP) is 3.74. The number of rotatable bonds is 1. The Morgan fingerprint density at radius 3 is 2.62 bits per heavy atom. The van der Waals surface area contributed by atoms with E-state index in [1.54, 1.807) is 11.1 Å². The summed E-state index contributed by atoms with van der Waals surface area (Å²) in [6.07, 6.45) is 3.14. The van der Waals surface area contributed by atoms with Gasteiger partial charge in [-0.2, -0.15) is 0 Å². The van der Waals surface area contributed by atoms with Gasteiger partial charge in [0.1, 0.15) is 16.3 Å². The number of hydrogen-bond donors (Lipinski definition) is 0. The van der Waals surface area contributed by atoms with E-state index < -0.39 is 5.60 Å². The van der Waals surface area contributed by atoms with Crippen LogP contribution in [0.4, 0.5) is 4.79 Å². The van der Waals surface area contributed by atoms with Gasteiger partial charge in [0.05, 0.1) is 6.20 Å². The molecule has 2 aromatic heterocycles. The lowest BCUT2D eigenvalue weighted by molar-refractivity contribution is 0.0203. The number of ether oxygens (including phenoxy) is 1. The van der Waals surface area contributed by atoms with Gasteiger partial charge in [0.2, 0.25) is 0 Å². The molecular weight excluding hydrogens is 328 g/mol. The molecule has 1 fully saturated rings. The van der Waals surface area contributed by atoms with E-state index in [-0.39, 0.29) is 6.09 Å². The average molecular weight is 351 g/mol. The maximum absolute atomic E-state index is 12.2. The van der Waals surface area contributed by atoms with Crippen molar-refractivity contribution in [1.29, 1.82) is 0 Å². The van der Waals surface area contributed by atoms with Gasteiger partial charge in [-0.25, -0.2) is 14.8 Å².